The summed E-state index contributed by atoms with van der Waals surface area (Å²) in [5.41, 5.74) is 3.87. The van der Waals surface area contributed by atoms with Gasteiger partial charge in [0.05, 0.1) is 0 Å². The van der Waals surface area contributed by atoms with E-state index in [2.05, 4.69) is 28.2 Å². The summed E-state index contributed by atoms with van der Waals surface area (Å²) < 4.78 is 0. The molecule has 3 heteroatoms. The summed E-state index contributed by atoms with van der Waals surface area (Å²) in [6.07, 6.45) is 0.981. The van der Waals surface area contributed by atoms with Gasteiger partial charge in [0.1, 0.15) is 0 Å². The maximum atomic E-state index is 12.1. The van der Waals surface area contributed by atoms with Gasteiger partial charge in [0.15, 0.2) is 0 Å². The number of anilines is 1. The van der Waals surface area contributed by atoms with Gasteiger partial charge in [-0.2, -0.15) is 0 Å². The first-order valence-electron chi connectivity index (χ1n) is 6.28. The highest BCUT2D eigenvalue weighted by Crippen LogP contribution is 2.14. The molecule has 0 saturated heterocycles. The van der Waals surface area contributed by atoms with E-state index in [4.69, 9.17) is 0 Å². The van der Waals surface area contributed by atoms with E-state index in [1.165, 1.54) is 5.56 Å². The van der Waals surface area contributed by atoms with Crippen molar-refractivity contribution in [2.75, 3.05) is 5.32 Å². The van der Waals surface area contributed by atoms with Crippen LogP contribution >= 0.6 is 15.9 Å². The number of alkyl halides is 1. The third-order valence-electron chi connectivity index (χ3n) is 2.96. The molecule has 0 heterocycles. The largest absolute Gasteiger partial charge is 0.322 e. The second kappa shape index (κ2) is 6.53. The van der Waals surface area contributed by atoms with Crippen LogP contribution in [0.5, 0.6) is 0 Å². The Morgan fingerprint density at radius 3 is 2.47 bits per heavy atom. The quantitative estimate of drug-likeness (QED) is 0.832. The van der Waals surface area contributed by atoms with Crippen molar-refractivity contribution < 1.29 is 4.79 Å². The zero-order chi connectivity index (χ0) is 13.7. The van der Waals surface area contributed by atoms with E-state index in [-0.39, 0.29) is 5.91 Å². The fourth-order valence-electron chi connectivity index (χ4n) is 1.83. The van der Waals surface area contributed by atoms with Gasteiger partial charge < -0.3 is 5.32 Å². The second-order valence-corrected chi connectivity index (χ2v) is 4.90. The van der Waals surface area contributed by atoms with Crippen LogP contribution in [0.2, 0.25) is 0 Å². The summed E-state index contributed by atoms with van der Waals surface area (Å²) in [5, 5.41) is 3.69. The van der Waals surface area contributed by atoms with Crippen LogP contribution in [0.3, 0.4) is 0 Å². The number of aryl methyl sites for hydroxylation is 1. The first-order chi connectivity index (χ1) is 9.22. The van der Waals surface area contributed by atoms with E-state index >= 15 is 0 Å². The molecular formula is C16H16BrNO. The van der Waals surface area contributed by atoms with Crippen LogP contribution in [-0.4, -0.2) is 5.91 Å². The van der Waals surface area contributed by atoms with Crippen LogP contribution < -0.4 is 5.32 Å². The Morgan fingerprint density at radius 1 is 1.11 bits per heavy atom. The van der Waals surface area contributed by atoms with Gasteiger partial charge in [-0.05, 0) is 41.8 Å². The number of hydrogen-bond acceptors (Lipinski definition) is 1. The van der Waals surface area contributed by atoms with Crippen LogP contribution in [0, 0.1) is 0 Å². The molecule has 2 aromatic rings. The Kier molecular flexibility index (Phi) is 4.74. The standard InChI is InChI=1S/C16H16BrNO/c1-2-12-6-8-14(9-7-12)16(19)18-15-5-3-4-13(10-15)11-17/h3-10H,2,11H2,1H3,(H,18,19). The monoisotopic (exact) mass is 317 g/mol. The molecular weight excluding hydrogens is 302 g/mol. The number of hydrogen-bond donors (Lipinski definition) is 1. The minimum atomic E-state index is -0.0747. The Hall–Kier alpha value is -1.61. The van der Waals surface area contributed by atoms with Crippen molar-refractivity contribution in [1.82, 2.24) is 0 Å². The highest BCUT2D eigenvalue weighted by Gasteiger charge is 2.06. The second-order valence-electron chi connectivity index (χ2n) is 4.34. The average molecular weight is 318 g/mol. The molecule has 0 radical (unpaired) electrons. The predicted molar refractivity (Wildman–Crippen MR) is 82.8 cm³/mol. The molecule has 0 fully saturated rings. The number of benzene rings is 2. The van der Waals surface area contributed by atoms with Crippen LogP contribution in [-0.2, 0) is 11.8 Å². The molecule has 0 aliphatic carbocycles. The normalized spacial score (nSPS) is 10.2. The van der Waals surface area contributed by atoms with Crippen LogP contribution in [0.4, 0.5) is 5.69 Å². The summed E-state index contributed by atoms with van der Waals surface area (Å²) >= 11 is 3.41. The first-order valence-corrected chi connectivity index (χ1v) is 7.40. The van der Waals surface area contributed by atoms with Crippen molar-refractivity contribution in [2.45, 2.75) is 18.7 Å². The molecule has 0 spiro atoms. The Bertz CT molecular complexity index is 563. The minimum Gasteiger partial charge on any atom is -0.322 e. The summed E-state index contributed by atoms with van der Waals surface area (Å²) in [6, 6.07) is 15.5. The summed E-state index contributed by atoms with van der Waals surface area (Å²) in [5.74, 6) is -0.0747. The Morgan fingerprint density at radius 2 is 1.84 bits per heavy atom. The third-order valence-corrected chi connectivity index (χ3v) is 3.61. The molecule has 2 nitrogen and oxygen atoms in total. The number of rotatable bonds is 4. The third kappa shape index (κ3) is 3.67. The van der Waals surface area contributed by atoms with Crippen LogP contribution in [0.1, 0.15) is 28.4 Å². The fraction of sp³-hybridized carbons (Fsp3) is 0.188. The molecule has 0 saturated carbocycles. The van der Waals surface area contributed by atoms with Gasteiger partial charge in [0.2, 0.25) is 0 Å². The van der Waals surface area contributed by atoms with E-state index < -0.39 is 0 Å². The lowest BCUT2D eigenvalue weighted by Gasteiger charge is -2.07. The molecule has 0 aliphatic rings. The Labute approximate surface area is 122 Å². The van der Waals surface area contributed by atoms with Gasteiger partial charge in [0, 0.05) is 16.6 Å². The van der Waals surface area contributed by atoms with Crippen molar-refractivity contribution in [1.29, 1.82) is 0 Å². The van der Waals surface area contributed by atoms with Gasteiger partial charge in [-0.25, -0.2) is 0 Å². The predicted octanol–water partition coefficient (Wildman–Crippen LogP) is 4.40. The van der Waals surface area contributed by atoms with Crippen molar-refractivity contribution in [2.24, 2.45) is 0 Å². The molecule has 2 aromatic carbocycles. The number of carbonyl (C=O) groups excluding carboxylic acids is 1. The number of halogens is 1. The molecule has 1 N–H and O–H groups in total. The summed E-state index contributed by atoms with van der Waals surface area (Å²) in [4.78, 5) is 12.1. The molecule has 0 bridgehead atoms. The van der Waals surface area contributed by atoms with Gasteiger partial charge in [-0.3, -0.25) is 4.79 Å². The van der Waals surface area contributed by atoms with Crippen LogP contribution in [0.15, 0.2) is 48.5 Å². The highest BCUT2D eigenvalue weighted by atomic mass is 79.9. The molecule has 0 aliphatic heterocycles. The zero-order valence-electron chi connectivity index (χ0n) is 10.8. The van der Waals surface area contributed by atoms with E-state index in [0.717, 1.165) is 23.0 Å². The number of nitrogens with one attached hydrogen (secondary N) is 1. The molecule has 98 valence electrons. The van der Waals surface area contributed by atoms with E-state index in [1.807, 2.05) is 48.5 Å². The molecule has 2 rings (SSSR count). The average Bonchev–Trinajstić information content (AvgIpc) is 2.47. The van der Waals surface area contributed by atoms with Crippen molar-refractivity contribution >= 4 is 27.5 Å². The highest BCUT2D eigenvalue weighted by molar-refractivity contribution is 9.08. The van der Waals surface area contributed by atoms with Crippen molar-refractivity contribution in [3.8, 4) is 0 Å². The summed E-state index contributed by atoms with van der Waals surface area (Å²) in [6.45, 7) is 2.10. The van der Waals surface area contributed by atoms with E-state index in [1.54, 1.807) is 0 Å². The molecule has 0 atom stereocenters. The molecule has 1 amide bonds. The lowest BCUT2D eigenvalue weighted by molar-refractivity contribution is 0.102. The molecule has 0 aromatic heterocycles. The van der Waals surface area contributed by atoms with Gasteiger partial charge in [-0.1, -0.05) is 47.1 Å². The van der Waals surface area contributed by atoms with Gasteiger partial charge in [-0.15, -0.1) is 0 Å². The van der Waals surface area contributed by atoms with E-state index in [0.29, 0.717) is 5.56 Å². The number of carbonyl (C=O) groups is 1. The lowest BCUT2D eigenvalue weighted by Crippen LogP contribution is -2.11. The lowest BCUT2D eigenvalue weighted by atomic mass is 10.1. The molecule has 19 heavy (non-hydrogen) atoms. The Balaban J connectivity index is 2.11. The topological polar surface area (TPSA) is 29.1 Å². The fourth-order valence-corrected chi connectivity index (χ4v) is 2.18. The summed E-state index contributed by atoms with van der Waals surface area (Å²) in [7, 11) is 0. The zero-order valence-corrected chi connectivity index (χ0v) is 12.4. The van der Waals surface area contributed by atoms with Gasteiger partial charge in [0.25, 0.3) is 5.91 Å². The smallest absolute Gasteiger partial charge is 0.255 e. The molecule has 0 unspecified atom stereocenters. The van der Waals surface area contributed by atoms with Crippen molar-refractivity contribution in [3.63, 3.8) is 0 Å². The van der Waals surface area contributed by atoms with E-state index in [9.17, 15) is 4.79 Å². The van der Waals surface area contributed by atoms with Crippen molar-refractivity contribution in [3.05, 3.63) is 65.2 Å². The number of amides is 1. The van der Waals surface area contributed by atoms with Gasteiger partial charge >= 0.3 is 0 Å². The maximum Gasteiger partial charge on any atom is 0.255 e. The van der Waals surface area contributed by atoms with Crippen LogP contribution in [0.25, 0.3) is 0 Å². The minimum absolute atomic E-state index is 0.0747. The maximum absolute atomic E-state index is 12.1. The first kappa shape index (κ1) is 13.8. The SMILES string of the molecule is CCc1ccc(C(=O)Nc2cccc(CBr)c2)cc1.